The lowest BCUT2D eigenvalue weighted by Gasteiger charge is -2.11. The smallest absolute Gasteiger partial charge is 0.307 e. The molecule has 0 bridgehead atoms. The van der Waals surface area contributed by atoms with Crippen molar-refractivity contribution in [3.63, 3.8) is 0 Å². The van der Waals surface area contributed by atoms with Crippen molar-refractivity contribution >= 4 is 17.6 Å². The Balaban J connectivity index is 2.12. The summed E-state index contributed by atoms with van der Waals surface area (Å²) in [6, 6.07) is 3.35. The van der Waals surface area contributed by atoms with Crippen LogP contribution in [0.2, 0.25) is 0 Å². The number of hydrogen-bond donors (Lipinski definition) is 2. The van der Waals surface area contributed by atoms with Gasteiger partial charge in [0.2, 0.25) is 5.91 Å². The first-order chi connectivity index (χ1) is 9.04. The van der Waals surface area contributed by atoms with E-state index in [2.05, 4.69) is 5.32 Å². The molecule has 0 radical (unpaired) electrons. The van der Waals surface area contributed by atoms with E-state index in [9.17, 15) is 9.59 Å². The molecule has 1 aliphatic heterocycles. The molecule has 0 aromatic heterocycles. The molecule has 1 heterocycles. The molecule has 1 aromatic carbocycles. The van der Waals surface area contributed by atoms with Crippen molar-refractivity contribution in [1.29, 1.82) is 0 Å². The van der Waals surface area contributed by atoms with E-state index in [1.54, 1.807) is 12.1 Å². The van der Waals surface area contributed by atoms with Crippen LogP contribution in [-0.4, -0.2) is 31.2 Å². The van der Waals surface area contributed by atoms with Crippen molar-refractivity contribution in [3.8, 4) is 11.5 Å². The summed E-state index contributed by atoms with van der Waals surface area (Å²) in [4.78, 5) is 23.2. The number of rotatable bonds is 3. The minimum atomic E-state index is -0.946. The monoisotopic (exact) mass is 263 g/mol. The number of carboxylic acids is 1. The topological polar surface area (TPSA) is 84.9 Å². The lowest BCUT2D eigenvalue weighted by molar-refractivity contribution is -0.140. The van der Waals surface area contributed by atoms with Crippen molar-refractivity contribution in [1.82, 2.24) is 0 Å². The van der Waals surface area contributed by atoms with Gasteiger partial charge in [-0.2, -0.15) is 0 Å². The highest BCUT2D eigenvalue weighted by molar-refractivity contribution is 6.12. The van der Waals surface area contributed by atoms with Crippen molar-refractivity contribution in [2.24, 2.45) is 5.92 Å². The third kappa shape index (κ3) is 1.36. The van der Waals surface area contributed by atoms with Gasteiger partial charge in [-0.05, 0) is 18.1 Å². The van der Waals surface area contributed by atoms with Crippen LogP contribution in [-0.2, 0) is 15.0 Å². The van der Waals surface area contributed by atoms with E-state index in [1.165, 1.54) is 14.2 Å². The molecule has 1 saturated carbocycles. The van der Waals surface area contributed by atoms with Gasteiger partial charge in [0, 0.05) is 11.8 Å². The molecule has 0 saturated heterocycles. The molecule has 1 amide bonds. The van der Waals surface area contributed by atoms with Gasteiger partial charge in [-0.1, -0.05) is 0 Å². The zero-order valence-electron chi connectivity index (χ0n) is 10.5. The highest BCUT2D eigenvalue weighted by Gasteiger charge is 2.68. The quantitative estimate of drug-likeness (QED) is 0.849. The number of aliphatic carboxylic acids is 1. The van der Waals surface area contributed by atoms with Crippen molar-refractivity contribution in [2.45, 2.75) is 11.8 Å². The Hall–Kier alpha value is -2.24. The summed E-state index contributed by atoms with van der Waals surface area (Å²) in [5.74, 6) is -0.867. The van der Waals surface area contributed by atoms with Crippen LogP contribution < -0.4 is 14.8 Å². The first-order valence-corrected chi connectivity index (χ1v) is 5.85. The third-order valence-corrected chi connectivity index (χ3v) is 3.92. The molecule has 2 N–H and O–H groups in total. The van der Waals surface area contributed by atoms with Gasteiger partial charge in [0.1, 0.15) is 0 Å². The Morgan fingerprint density at radius 2 is 2.00 bits per heavy atom. The minimum Gasteiger partial charge on any atom is -0.493 e. The zero-order valence-corrected chi connectivity index (χ0v) is 10.5. The molecule has 1 fully saturated rings. The number of hydrogen-bond acceptors (Lipinski definition) is 4. The number of carbonyl (C=O) groups is 2. The summed E-state index contributed by atoms with van der Waals surface area (Å²) in [5.41, 5.74) is 0.356. The average Bonchev–Trinajstić information content (AvgIpc) is 3.08. The summed E-state index contributed by atoms with van der Waals surface area (Å²) in [6.45, 7) is 0. The molecule has 1 aromatic rings. The highest BCUT2D eigenvalue weighted by atomic mass is 16.5. The summed E-state index contributed by atoms with van der Waals surface area (Å²) in [5, 5.41) is 11.8. The van der Waals surface area contributed by atoms with E-state index in [-0.39, 0.29) is 5.91 Å². The molecule has 2 aliphatic rings. The summed E-state index contributed by atoms with van der Waals surface area (Å²) < 4.78 is 10.4. The number of fused-ring (bicyclic) bond motifs is 2. The normalized spacial score (nSPS) is 26.8. The van der Waals surface area contributed by atoms with Gasteiger partial charge in [-0.25, -0.2) is 0 Å². The largest absolute Gasteiger partial charge is 0.493 e. The maximum atomic E-state index is 12.1. The summed E-state index contributed by atoms with van der Waals surface area (Å²) in [6.07, 6.45) is 0.330. The standard InChI is InChI=1S/C13H13NO5/c1-18-9-3-6-8(4-10(9)19-2)14-12(17)13(6)5-7(13)11(15)16/h3-4,7H,5H2,1-2H3,(H,14,17)(H,15,16). The molecule has 6 heteroatoms. The van der Waals surface area contributed by atoms with Crippen LogP contribution in [0.1, 0.15) is 12.0 Å². The predicted molar refractivity (Wildman–Crippen MR) is 65.6 cm³/mol. The van der Waals surface area contributed by atoms with Gasteiger partial charge < -0.3 is 19.9 Å². The Morgan fingerprint density at radius 1 is 1.37 bits per heavy atom. The lowest BCUT2D eigenvalue weighted by atomic mass is 9.94. The van der Waals surface area contributed by atoms with E-state index in [0.717, 1.165) is 0 Å². The van der Waals surface area contributed by atoms with Gasteiger partial charge in [-0.15, -0.1) is 0 Å². The molecular weight excluding hydrogens is 250 g/mol. The van der Waals surface area contributed by atoms with E-state index in [0.29, 0.717) is 29.2 Å². The average molecular weight is 263 g/mol. The Morgan fingerprint density at radius 3 is 2.53 bits per heavy atom. The van der Waals surface area contributed by atoms with Gasteiger partial charge in [-0.3, -0.25) is 9.59 Å². The SMILES string of the molecule is COc1cc2c(cc1OC)C1(CC1C(=O)O)C(=O)N2. The minimum absolute atomic E-state index is 0.259. The highest BCUT2D eigenvalue weighted by Crippen LogP contribution is 2.61. The van der Waals surface area contributed by atoms with Crippen molar-refractivity contribution < 1.29 is 24.2 Å². The summed E-state index contributed by atoms with van der Waals surface area (Å²) >= 11 is 0. The first kappa shape index (κ1) is 11.8. The van der Waals surface area contributed by atoms with Crippen LogP contribution in [0.25, 0.3) is 0 Å². The molecule has 3 rings (SSSR count). The Kier molecular flexibility index (Phi) is 2.26. The van der Waals surface area contributed by atoms with Crippen LogP contribution >= 0.6 is 0 Å². The number of methoxy groups -OCH3 is 2. The van der Waals surface area contributed by atoms with Crippen LogP contribution in [0.3, 0.4) is 0 Å². The molecule has 6 nitrogen and oxygen atoms in total. The van der Waals surface area contributed by atoms with E-state index >= 15 is 0 Å². The van der Waals surface area contributed by atoms with Gasteiger partial charge >= 0.3 is 5.97 Å². The van der Waals surface area contributed by atoms with E-state index in [1.807, 2.05) is 0 Å². The fourth-order valence-corrected chi connectivity index (χ4v) is 2.82. The van der Waals surface area contributed by atoms with Crippen LogP contribution in [0.4, 0.5) is 5.69 Å². The zero-order chi connectivity index (χ0) is 13.8. The molecule has 100 valence electrons. The van der Waals surface area contributed by atoms with Gasteiger partial charge in [0.05, 0.1) is 25.6 Å². The van der Waals surface area contributed by atoms with Crippen LogP contribution in [0, 0.1) is 5.92 Å². The summed E-state index contributed by atoms with van der Waals surface area (Å²) in [7, 11) is 3.01. The van der Waals surface area contributed by atoms with Crippen LogP contribution in [0.15, 0.2) is 12.1 Å². The first-order valence-electron chi connectivity index (χ1n) is 5.85. The van der Waals surface area contributed by atoms with Crippen molar-refractivity contribution in [2.75, 3.05) is 19.5 Å². The number of ether oxygens (including phenoxy) is 2. The van der Waals surface area contributed by atoms with Crippen LogP contribution in [0.5, 0.6) is 11.5 Å². The molecule has 2 unspecified atom stereocenters. The predicted octanol–water partition coefficient (Wildman–Crippen LogP) is 0.998. The second-order valence-corrected chi connectivity index (χ2v) is 4.77. The number of carboxylic acid groups (broad SMARTS) is 1. The molecule has 19 heavy (non-hydrogen) atoms. The Labute approximate surface area is 109 Å². The van der Waals surface area contributed by atoms with Gasteiger partial charge in [0.15, 0.2) is 11.5 Å². The second-order valence-electron chi connectivity index (χ2n) is 4.77. The lowest BCUT2D eigenvalue weighted by Crippen LogP contribution is -2.24. The number of benzene rings is 1. The maximum absolute atomic E-state index is 12.1. The molecular formula is C13H13NO5. The third-order valence-electron chi connectivity index (χ3n) is 3.92. The number of anilines is 1. The number of carbonyl (C=O) groups excluding carboxylic acids is 1. The number of nitrogens with one attached hydrogen (secondary N) is 1. The molecule has 2 atom stereocenters. The van der Waals surface area contributed by atoms with Crippen molar-refractivity contribution in [3.05, 3.63) is 17.7 Å². The van der Waals surface area contributed by atoms with Gasteiger partial charge in [0.25, 0.3) is 0 Å². The maximum Gasteiger partial charge on any atom is 0.307 e. The van der Waals surface area contributed by atoms with E-state index < -0.39 is 17.3 Å². The second kappa shape index (κ2) is 3.63. The molecule has 1 spiro atoms. The fourth-order valence-electron chi connectivity index (χ4n) is 2.82. The Bertz CT molecular complexity index is 597. The molecule has 1 aliphatic carbocycles. The fraction of sp³-hybridized carbons (Fsp3) is 0.385. The van der Waals surface area contributed by atoms with E-state index in [4.69, 9.17) is 14.6 Å². The number of amides is 1.